The summed E-state index contributed by atoms with van der Waals surface area (Å²) in [4.78, 5) is 38.9. The van der Waals surface area contributed by atoms with Crippen molar-refractivity contribution in [2.45, 2.75) is 75.8 Å². The van der Waals surface area contributed by atoms with Crippen LogP contribution in [0.2, 0.25) is 5.02 Å². The molecule has 7 unspecified atom stereocenters. The van der Waals surface area contributed by atoms with Crippen molar-refractivity contribution in [2.24, 2.45) is 5.92 Å². The molecule has 2 fully saturated rings. The molecule has 3 aliphatic heterocycles. The second-order valence-corrected chi connectivity index (χ2v) is 11.4. The third-order valence-corrected chi connectivity index (χ3v) is 8.55. The van der Waals surface area contributed by atoms with Crippen LogP contribution in [0.5, 0.6) is 5.75 Å². The Hall–Kier alpha value is -3.12. The fourth-order valence-corrected chi connectivity index (χ4v) is 6.01. The van der Waals surface area contributed by atoms with E-state index in [0.717, 1.165) is 11.1 Å². The first-order valence-corrected chi connectivity index (χ1v) is 13.7. The minimum absolute atomic E-state index is 0.00634. The van der Waals surface area contributed by atoms with Crippen molar-refractivity contribution in [1.29, 1.82) is 0 Å². The predicted molar refractivity (Wildman–Crippen MR) is 150 cm³/mol. The molecular formula is C29H37ClN2O9. The van der Waals surface area contributed by atoms with E-state index < -0.39 is 47.8 Å². The third kappa shape index (κ3) is 6.23. The molecule has 3 heterocycles. The summed E-state index contributed by atoms with van der Waals surface area (Å²) in [5, 5.41) is 14.3. The van der Waals surface area contributed by atoms with Crippen LogP contribution in [0.15, 0.2) is 35.9 Å². The van der Waals surface area contributed by atoms with Crippen molar-refractivity contribution in [3.05, 3.63) is 46.5 Å². The highest BCUT2D eigenvalue weighted by molar-refractivity contribution is 6.35. The van der Waals surface area contributed by atoms with Crippen LogP contribution in [-0.4, -0.2) is 80.6 Å². The van der Waals surface area contributed by atoms with E-state index in [9.17, 15) is 19.5 Å². The molecule has 41 heavy (non-hydrogen) atoms. The first-order valence-electron chi connectivity index (χ1n) is 13.3. The van der Waals surface area contributed by atoms with E-state index in [1.807, 2.05) is 26.0 Å². The van der Waals surface area contributed by atoms with Crippen LogP contribution in [-0.2, 0) is 35.0 Å². The minimum atomic E-state index is -1.76. The van der Waals surface area contributed by atoms with Crippen molar-refractivity contribution >= 4 is 35.8 Å². The van der Waals surface area contributed by atoms with Crippen LogP contribution in [0.25, 0.3) is 0 Å². The van der Waals surface area contributed by atoms with Gasteiger partial charge in [0.1, 0.15) is 34.7 Å². The van der Waals surface area contributed by atoms with Gasteiger partial charge in [-0.25, -0.2) is 4.79 Å². The maximum atomic E-state index is 13.5. The Balaban J connectivity index is 1.78. The van der Waals surface area contributed by atoms with Gasteiger partial charge in [0.25, 0.3) is 6.47 Å². The summed E-state index contributed by atoms with van der Waals surface area (Å²) < 4.78 is 28.0. The summed E-state index contributed by atoms with van der Waals surface area (Å²) in [6.45, 7) is 5.77. The summed E-state index contributed by atoms with van der Waals surface area (Å²) in [7, 11) is 4.53. The van der Waals surface area contributed by atoms with Crippen molar-refractivity contribution < 1.29 is 43.2 Å². The molecule has 1 aromatic carbocycles. The number of rotatable bonds is 4. The number of amides is 2. The molecule has 0 spiro atoms. The van der Waals surface area contributed by atoms with Crippen LogP contribution in [0.4, 0.5) is 10.5 Å². The Morgan fingerprint density at radius 1 is 1.27 bits per heavy atom. The first-order chi connectivity index (χ1) is 19.4. The van der Waals surface area contributed by atoms with E-state index in [0.29, 0.717) is 17.9 Å². The molecule has 3 aliphatic rings. The summed E-state index contributed by atoms with van der Waals surface area (Å²) in [6, 6.07) is 3.61. The van der Waals surface area contributed by atoms with E-state index in [1.165, 1.54) is 19.1 Å². The topological polar surface area (TPSA) is 136 Å². The van der Waals surface area contributed by atoms with Gasteiger partial charge in [0.05, 0.1) is 25.3 Å². The lowest BCUT2D eigenvalue weighted by molar-refractivity contribution is -0.142. The lowest BCUT2D eigenvalue weighted by Gasteiger charge is -2.42. The Morgan fingerprint density at radius 2 is 2.00 bits per heavy atom. The number of hydrogen-bond acceptors (Lipinski definition) is 9. The maximum absolute atomic E-state index is 13.5. The number of epoxide rings is 1. The molecule has 1 aromatic rings. The van der Waals surface area contributed by atoms with Crippen molar-refractivity contribution in [3.63, 3.8) is 0 Å². The van der Waals surface area contributed by atoms with Crippen molar-refractivity contribution in [3.8, 4) is 5.75 Å². The molecule has 0 radical (unpaired) electrons. The van der Waals surface area contributed by atoms with E-state index in [-0.39, 0.29) is 30.2 Å². The molecule has 4 rings (SSSR count). The largest absolute Gasteiger partial charge is 0.495 e. The number of nitrogens with one attached hydrogen (secondary N) is 1. The average molecular weight is 593 g/mol. The predicted octanol–water partition coefficient (Wildman–Crippen LogP) is 3.30. The number of methoxy groups -OCH3 is 2. The Kier molecular flexibility index (Phi) is 9.03. The van der Waals surface area contributed by atoms with Gasteiger partial charge >= 0.3 is 6.09 Å². The average Bonchev–Trinajstić information content (AvgIpc) is 3.62. The zero-order valence-corrected chi connectivity index (χ0v) is 24.8. The van der Waals surface area contributed by atoms with E-state index in [1.54, 1.807) is 32.2 Å². The SMILES string of the molecule is COc1cc2cc(c1Cl)N(C)C(=O)CC(OC=O)C1(C)OC1C(C)C1CC(O)(NC(=O)O1)C(OC)/C=C/C=C(\C)C2. The van der Waals surface area contributed by atoms with Gasteiger partial charge in [-0.2, -0.15) is 0 Å². The number of hydrogen-bond donors (Lipinski definition) is 2. The van der Waals surface area contributed by atoms with Crippen LogP contribution < -0.4 is 15.0 Å². The number of halogens is 1. The second-order valence-electron chi connectivity index (χ2n) is 11.0. The van der Waals surface area contributed by atoms with Gasteiger partial charge in [-0.1, -0.05) is 42.3 Å². The first kappa shape index (κ1) is 30.8. The van der Waals surface area contributed by atoms with Gasteiger partial charge in [0.15, 0.2) is 5.72 Å². The molecule has 12 heteroatoms. The van der Waals surface area contributed by atoms with Crippen molar-refractivity contribution in [2.75, 3.05) is 26.2 Å². The van der Waals surface area contributed by atoms with Crippen LogP contribution >= 0.6 is 11.6 Å². The zero-order valence-electron chi connectivity index (χ0n) is 24.0. The number of fused-ring (bicyclic) bond motifs is 5. The number of alkyl carbamates (subject to hydrolysis) is 1. The summed E-state index contributed by atoms with van der Waals surface area (Å²) >= 11 is 6.62. The summed E-state index contributed by atoms with van der Waals surface area (Å²) in [5.74, 6) is -0.381. The molecular weight excluding hydrogens is 556 g/mol. The van der Waals surface area contributed by atoms with Crippen LogP contribution in [0.1, 0.15) is 39.2 Å². The standard InChI is InChI=1S/C29H37ClN2O9/c1-16-8-7-9-22(38-6)29(36)14-21(40-27(35)31-29)17(2)26-28(3,41-26)23(39-15-33)13-24(34)32(4)19-11-18(10-16)12-20(37-5)25(19)30/h7-9,11-12,15,17,21-23,26,36H,10,13-14H2,1-6H3,(H,31,35)/b9-7+,16-8+. The number of anilines is 1. The van der Waals surface area contributed by atoms with Crippen LogP contribution in [0.3, 0.4) is 0 Å². The number of nitrogens with zero attached hydrogens (tertiary/aromatic N) is 1. The zero-order chi connectivity index (χ0) is 30.1. The normalized spacial score (nSPS) is 36.1. The fourth-order valence-electron chi connectivity index (χ4n) is 5.70. The smallest absolute Gasteiger partial charge is 0.409 e. The number of carbonyl (C=O) groups is 3. The van der Waals surface area contributed by atoms with E-state index in [4.69, 9.17) is 35.3 Å². The van der Waals surface area contributed by atoms with Gasteiger partial charge in [-0.15, -0.1) is 0 Å². The summed E-state index contributed by atoms with van der Waals surface area (Å²) in [6.07, 6.45) is 1.68. The van der Waals surface area contributed by atoms with E-state index in [2.05, 4.69) is 5.32 Å². The maximum Gasteiger partial charge on any atom is 0.409 e. The van der Waals surface area contributed by atoms with Crippen molar-refractivity contribution in [1.82, 2.24) is 5.32 Å². The number of carbonyl (C=O) groups excluding carboxylic acids is 3. The van der Waals surface area contributed by atoms with Gasteiger partial charge in [0, 0.05) is 26.5 Å². The highest BCUT2D eigenvalue weighted by Gasteiger charge is 2.64. The van der Waals surface area contributed by atoms with E-state index >= 15 is 0 Å². The molecule has 11 nitrogen and oxygen atoms in total. The number of aliphatic hydroxyl groups is 1. The van der Waals surface area contributed by atoms with Gasteiger partial charge in [-0.3, -0.25) is 14.9 Å². The Morgan fingerprint density at radius 3 is 2.66 bits per heavy atom. The van der Waals surface area contributed by atoms with Gasteiger partial charge < -0.3 is 33.7 Å². The minimum Gasteiger partial charge on any atom is -0.495 e. The number of ether oxygens (including phenoxy) is 5. The molecule has 2 saturated heterocycles. The Bertz CT molecular complexity index is 1250. The molecule has 0 aromatic heterocycles. The second kappa shape index (κ2) is 12.0. The third-order valence-electron chi connectivity index (χ3n) is 8.17. The molecule has 7 atom stereocenters. The monoisotopic (exact) mass is 592 g/mol. The summed E-state index contributed by atoms with van der Waals surface area (Å²) in [5.41, 5.74) is -0.560. The van der Waals surface area contributed by atoms with Gasteiger partial charge in [0.2, 0.25) is 5.91 Å². The molecule has 2 N–H and O–H groups in total. The van der Waals surface area contributed by atoms with Crippen LogP contribution in [0, 0.1) is 5.92 Å². The highest BCUT2D eigenvalue weighted by atomic mass is 35.5. The number of allylic oxidation sites excluding steroid dienone is 3. The molecule has 224 valence electrons. The number of benzene rings is 1. The fraction of sp³-hybridized carbons (Fsp3) is 0.552. The molecule has 0 saturated carbocycles. The van der Waals surface area contributed by atoms with Gasteiger partial charge in [-0.05, 0) is 38.0 Å². The lowest BCUT2D eigenvalue weighted by atomic mass is 9.83. The lowest BCUT2D eigenvalue weighted by Crippen LogP contribution is -2.63. The quantitative estimate of drug-likeness (QED) is 0.398. The molecule has 4 bridgehead atoms. The molecule has 2 amide bonds. The Labute approximate surface area is 244 Å². The highest BCUT2D eigenvalue weighted by Crippen LogP contribution is 2.49. The molecule has 0 aliphatic carbocycles.